The van der Waals surface area contributed by atoms with Crippen LogP contribution in [-0.2, 0) is 9.53 Å². The van der Waals surface area contributed by atoms with Gasteiger partial charge in [-0.15, -0.1) is 12.4 Å². The van der Waals surface area contributed by atoms with E-state index >= 15 is 0 Å². The number of carbonyl (C=O) groups excluding carboxylic acids is 1. The lowest BCUT2D eigenvalue weighted by atomic mass is 9.98. The highest BCUT2D eigenvalue weighted by atomic mass is 35.5. The van der Waals surface area contributed by atoms with E-state index in [1.165, 1.54) is 0 Å². The minimum Gasteiger partial charge on any atom is -0.381 e. The Labute approximate surface area is 110 Å². The molecule has 3 N–H and O–H groups in total. The SMILES string of the molecule is CCCCC(CN)NC(=O)C1CCOCC1.Cl. The highest BCUT2D eigenvalue weighted by Crippen LogP contribution is 2.15. The van der Waals surface area contributed by atoms with Gasteiger partial charge in [-0.25, -0.2) is 0 Å². The van der Waals surface area contributed by atoms with Gasteiger partial charge < -0.3 is 15.8 Å². The largest absolute Gasteiger partial charge is 0.381 e. The predicted octanol–water partition coefficient (Wildman–Crippen LogP) is 1.47. The van der Waals surface area contributed by atoms with Crippen molar-refractivity contribution in [2.24, 2.45) is 11.7 Å². The third-order valence-electron chi connectivity index (χ3n) is 3.13. The van der Waals surface area contributed by atoms with Crippen molar-refractivity contribution in [2.75, 3.05) is 19.8 Å². The number of ether oxygens (including phenoxy) is 1. The van der Waals surface area contributed by atoms with Crippen LogP contribution in [0.1, 0.15) is 39.0 Å². The normalized spacial score (nSPS) is 18.2. The Balaban J connectivity index is 0.00000256. The highest BCUT2D eigenvalue weighted by Gasteiger charge is 2.23. The Morgan fingerprint density at radius 2 is 2.12 bits per heavy atom. The van der Waals surface area contributed by atoms with Crippen molar-refractivity contribution < 1.29 is 9.53 Å². The summed E-state index contributed by atoms with van der Waals surface area (Å²) in [6, 6.07) is 0.148. The number of nitrogens with two attached hydrogens (primary N) is 1. The van der Waals surface area contributed by atoms with Crippen molar-refractivity contribution >= 4 is 18.3 Å². The second kappa shape index (κ2) is 9.68. The number of nitrogens with one attached hydrogen (secondary N) is 1. The molecule has 1 aliphatic rings. The van der Waals surface area contributed by atoms with E-state index in [4.69, 9.17) is 10.5 Å². The maximum Gasteiger partial charge on any atom is 0.223 e. The lowest BCUT2D eigenvalue weighted by Gasteiger charge is -2.24. The van der Waals surface area contributed by atoms with Crippen molar-refractivity contribution in [1.82, 2.24) is 5.32 Å². The second-order valence-corrected chi connectivity index (χ2v) is 4.47. The molecule has 1 saturated heterocycles. The molecule has 5 heteroatoms. The maximum atomic E-state index is 11.9. The number of amides is 1. The summed E-state index contributed by atoms with van der Waals surface area (Å²) in [5.74, 6) is 0.291. The smallest absolute Gasteiger partial charge is 0.223 e. The standard InChI is InChI=1S/C12H24N2O2.ClH/c1-2-3-4-11(9-13)14-12(15)10-5-7-16-8-6-10;/h10-11H,2-9,13H2,1H3,(H,14,15);1H. The third-order valence-corrected chi connectivity index (χ3v) is 3.13. The fourth-order valence-electron chi connectivity index (χ4n) is 1.98. The van der Waals surface area contributed by atoms with Crippen LogP contribution in [0, 0.1) is 5.92 Å². The molecule has 1 rings (SSSR count). The molecule has 0 saturated carbocycles. The first-order valence-electron chi connectivity index (χ1n) is 6.36. The van der Waals surface area contributed by atoms with E-state index in [1.54, 1.807) is 0 Å². The van der Waals surface area contributed by atoms with Crippen LogP contribution in [0.15, 0.2) is 0 Å². The molecule has 4 nitrogen and oxygen atoms in total. The van der Waals surface area contributed by atoms with E-state index in [0.717, 1.165) is 32.1 Å². The number of halogens is 1. The van der Waals surface area contributed by atoms with Gasteiger partial charge in [0.15, 0.2) is 0 Å². The molecule has 1 aliphatic heterocycles. The van der Waals surface area contributed by atoms with Gasteiger partial charge in [0.05, 0.1) is 0 Å². The first-order valence-corrected chi connectivity index (χ1v) is 6.36. The molecule has 1 amide bonds. The molecule has 0 aromatic heterocycles. The summed E-state index contributed by atoms with van der Waals surface area (Å²) in [7, 11) is 0. The van der Waals surface area contributed by atoms with Crippen molar-refractivity contribution in [3.63, 3.8) is 0 Å². The topological polar surface area (TPSA) is 64.3 Å². The molecule has 17 heavy (non-hydrogen) atoms. The number of hydrogen-bond donors (Lipinski definition) is 2. The summed E-state index contributed by atoms with van der Waals surface area (Å²) < 4.78 is 5.24. The van der Waals surface area contributed by atoms with Crippen LogP contribution >= 0.6 is 12.4 Å². The van der Waals surface area contributed by atoms with Crippen LogP contribution < -0.4 is 11.1 Å². The number of unbranched alkanes of at least 4 members (excludes halogenated alkanes) is 1. The molecule has 1 fully saturated rings. The molecular weight excluding hydrogens is 240 g/mol. The van der Waals surface area contributed by atoms with Crippen LogP contribution in [0.25, 0.3) is 0 Å². The zero-order chi connectivity index (χ0) is 11.8. The number of rotatable bonds is 6. The van der Waals surface area contributed by atoms with E-state index in [-0.39, 0.29) is 30.3 Å². The van der Waals surface area contributed by atoms with Gasteiger partial charge in [0.1, 0.15) is 0 Å². The molecule has 1 atom stereocenters. The zero-order valence-electron chi connectivity index (χ0n) is 10.6. The Hall–Kier alpha value is -0.320. The zero-order valence-corrected chi connectivity index (χ0v) is 11.4. The first-order chi connectivity index (χ1) is 7.77. The monoisotopic (exact) mass is 264 g/mol. The van der Waals surface area contributed by atoms with Crippen LogP contribution in [0.5, 0.6) is 0 Å². The van der Waals surface area contributed by atoms with Crippen LogP contribution in [-0.4, -0.2) is 31.7 Å². The molecule has 1 unspecified atom stereocenters. The molecule has 0 bridgehead atoms. The van der Waals surface area contributed by atoms with Crippen LogP contribution in [0.3, 0.4) is 0 Å². The third kappa shape index (κ3) is 6.24. The molecule has 102 valence electrons. The Morgan fingerprint density at radius 3 is 2.65 bits per heavy atom. The van der Waals surface area contributed by atoms with E-state index in [1.807, 2.05) is 0 Å². The van der Waals surface area contributed by atoms with Crippen molar-refractivity contribution in [1.29, 1.82) is 0 Å². The Morgan fingerprint density at radius 1 is 1.47 bits per heavy atom. The van der Waals surface area contributed by atoms with E-state index in [0.29, 0.717) is 19.8 Å². The van der Waals surface area contributed by atoms with Gasteiger partial charge in [-0.2, -0.15) is 0 Å². The summed E-state index contributed by atoms with van der Waals surface area (Å²) in [5.41, 5.74) is 5.65. The summed E-state index contributed by atoms with van der Waals surface area (Å²) >= 11 is 0. The molecule has 0 spiro atoms. The Bertz CT molecular complexity index is 209. The highest BCUT2D eigenvalue weighted by molar-refractivity contribution is 5.85. The van der Waals surface area contributed by atoms with Crippen molar-refractivity contribution in [3.05, 3.63) is 0 Å². The van der Waals surface area contributed by atoms with Crippen LogP contribution in [0.2, 0.25) is 0 Å². The number of hydrogen-bond acceptors (Lipinski definition) is 3. The summed E-state index contributed by atoms with van der Waals surface area (Å²) in [4.78, 5) is 11.9. The average Bonchev–Trinajstić information content (AvgIpc) is 2.35. The average molecular weight is 265 g/mol. The van der Waals surface area contributed by atoms with E-state index < -0.39 is 0 Å². The Kier molecular flexibility index (Phi) is 9.50. The summed E-state index contributed by atoms with van der Waals surface area (Å²) in [5, 5.41) is 3.05. The molecule has 0 aliphatic carbocycles. The molecule has 0 radical (unpaired) electrons. The summed E-state index contributed by atoms with van der Waals surface area (Å²) in [6.07, 6.45) is 4.94. The first kappa shape index (κ1) is 16.7. The molecule has 0 aromatic carbocycles. The minimum absolute atomic E-state index is 0. The van der Waals surface area contributed by atoms with Gasteiger partial charge in [-0.05, 0) is 19.3 Å². The van der Waals surface area contributed by atoms with Gasteiger partial charge >= 0.3 is 0 Å². The molecule has 0 aromatic rings. The van der Waals surface area contributed by atoms with Crippen molar-refractivity contribution in [3.8, 4) is 0 Å². The van der Waals surface area contributed by atoms with Crippen LogP contribution in [0.4, 0.5) is 0 Å². The second-order valence-electron chi connectivity index (χ2n) is 4.47. The maximum absolute atomic E-state index is 11.9. The van der Waals surface area contributed by atoms with E-state index in [9.17, 15) is 4.79 Å². The van der Waals surface area contributed by atoms with Gasteiger partial charge in [0, 0.05) is 31.7 Å². The van der Waals surface area contributed by atoms with Gasteiger partial charge in [-0.1, -0.05) is 19.8 Å². The molecular formula is C12H25ClN2O2. The quantitative estimate of drug-likeness (QED) is 0.764. The fourth-order valence-corrected chi connectivity index (χ4v) is 1.98. The minimum atomic E-state index is 0. The van der Waals surface area contributed by atoms with Gasteiger partial charge in [0.25, 0.3) is 0 Å². The molecule has 1 heterocycles. The van der Waals surface area contributed by atoms with E-state index in [2.05, 4.69) is 12.2 Å². The number of carbonyl (C=O) groups is 1. The summed E-state index contributed by atoms with van der Waals surface area (Å²) in [6.45, 7) is 4.10. The van der Waals surface area contributed by atoms with Gasteiger partial charge in [0.2, 0.25) is 5.91 Å². The van der Waals surface area contributed by atoms with Gasteiger partial charge in [-0.3, -0.25) is 4.79 Å². The lowest BCUT2D eigenvalue weighted by Crippen LogP contribution is -2.44. The predicted molar refractivity (Wildman–Crippen MR) is 71.3 cm³/mol. The fraction of sp³-hybridized carbons (Fsp3) is 0.917. The van der Waals surface area contributed by atoms with Crippen molar-refractivity contribution in [2.45, 2.75) is 45.1 Å². The lowest BCUT2D eigenvalue weighted by molar-refractivity contribution is -0.128.